The molecule has 0 spiro atoms. The van der Waals surface area contributed by atoms with Crippen molar-refractivity contribution in [1.29, 1.82) is 0 Å². The fourth-order valence-corrected chi connectivity index (χ4v) is 3.89. The van der Waals surface area contributed by atoms with E-state index in [1.54, 1.807) is 4.68 Å². The maximum Gasteiger partial charge on any atom is 0.293 e. The van der Waals surface area contributed by atoms with Crippen molar-refractivity contribution in [3.63, 3.8) is 0 Å². The van der Waals surface area contributed by atoms with Crippen molar-refractivity contribution < 1.29 is 13.2 Å². The van der Waals surface area contributed by atoms with Gasteiger partial charge in [-0.1, -0.05) is 0 Å². The van der Waals surface area contributed by atoms with Crippen molar-refractivity contribution in [2.24, 2.45) is 0 Å². The predicted octanol–water partition coefficient (Wildman–Crippen LogP) is 0.996. The molecule has 1 aromatic heterocycles. The Balaban J connectivity index is 1.95. The van der Waals surface area contributed by atoms with Crippen LogP contribution in [0.4, 0.5) is 0 Å². The van der Waals surface area contributed by atoms with Gasteiger partial charge in [-0.2, -0.15) is 4.31 Å². The molecule has 7 nitrogen and oxygen atoms in total. The highest BCUT2D eigenvalue weighted by Gasteiger charge is 2.23. The second-order valence-electron chi connectivity index (χ2n) is 5.22. The SMILES string of the molecule is CC(C)Oc1nn(CN2CCN(S(C)(=O)=O)CC2)c(=S)s1. The third-order valence-electron chi connectivity index (χ3n) is 3.06. The van der Waals surface area contributed by atoms with Crippen LogP contribution in [0.3, 0.4) is 0 Å². The second kappa shape index (κ2) is 6.69. The van der Waals surface area contributed by atoms with Crippen LogP contribution >= 0.6 is 23.6 Å². The van der Waals surface area contributed by atoms with E-state index in [-0.39, 0.29) is 6.10 Å². The molecule has 1 saturated heterocycles. The highest BCUT2D eigenvalue weighted by Crippen LogP contribution is 2.19. The van der Waals surface area contributed by atoms with Crippen LogP contribution < -0.4 is 4.74 Å². The Morgan fingerprint density at radius 3 is 2.48 bits per heavy atom. The van der Waals surface area contributed by atoms with Gasteiger partial charge in [-0.3, -0.25) is 4.90 Å². The molecule has 2 rings (SSSR count). The number of nitrogens with zero attached hydrogens (tertiary/aromatic N) is 4. The number of aromatic nitrogens is 2. The lowest BCUT2D eigenvalue weighted by atomic mass is 10.4. The van der Waals surface area contributed by atoms with E-state index in [1.165, 1.54) is 21.9 Å². The van der Waals surface area contributed by atoms with E-state index in [2.05, 4.69) is 10.00 Å². The molecule has 1 fully saturated rings. The predicted molar refractivity (Wildman–Crippen MR) is 84.7 cm³/mol. The van der Waals surface area contributed by atoms with Crippen LogP contribution in [0.15, 0.2) is 0 Å². The summed E-state index contributed by atoms with van der Waals surface area (Å²) in [4.78, 5) is 2.14. The average Bonchev–Trinajstić information content (AvgIpc) is 2.68. The highest BCUT2D eigenvalue weighted by atomic mass is 32.2. The van der Waals surface area contributed by atoms with E-state index in [1.807, 2.05) is 13.8 Å². The molecule has 0 aromatic carbocycles. The normalized spacial score (nSPS) is 18.3. The molecule has 21 heavy (non-hydrogen) atoms. The van der Waals surface area contributed by atoms with E-state index in [0.717, 1.165) is 0 Å². The molecule has 0 bridgehead atoms. The minimum absolute atomic E-state index is 0.0669. The molecule has 1 aliphatic rings. The molecule has 0 atom stereocenters. The lowest BCUT2D eigenvalue weighted by Gasteiger charge is -2.32. The fraction of sp³-hybridized carbons (Fsp3) is 0.818. The van der Waals surface area contributed by atoms with Crippen LogP contribution in [0.5, 0.6) is 5.19 Å². The summed E-state index contributed by atoms with van der Waals surface area (Å²) in [6.07, 6.45) is 1.31. The van der Waals surface area contributed by atoms with Crippen molar-refractivity contribution in [2.75, 3.05) is 32.4 Å². The quantitative estimate of drug-likeness (QED) is 0.737. The largest absolute Gasteiger partial charge is 0.466 e. The van der Waals surface area contributed by atoms with Crippen molar-refractivity contribution in [3.8, 4) is 5.19 Å². The Kier molecular flexibility index (Phi) is 5.36. The van der Waals surface area contributed by atoms with Crippen molar-refractivity contribution >= 4 is 33.6 Å². The lowest BCUT2D eigenvalue weighted by Crippen LogP contribution is -2.48. The summed E-state index contributed by atoms with van der Waals surface area (Å²) in [6, 6.07) is 0. The van der Waals surface area contributed by atoms with Gasteiger partial charge < -0.3 is 4.74 Å². The van der Waals surface area contributed by atoms with Crippen LogP contribution in [0, 0.1) is 3.95 Å². The molecule has 0 saturated carbocycles. The Labute approximate surface area is 134 Å². The number of piperazine rings is 1. The molecule has 0 N–H and O–H groups in total. The first-order chi connectivity index (χ1) is 9.75. The number of rotatable bonds is 5. The number of ether oxygens (including phenoxy) is 1. The van der Waals surface area contributed by atoms with E-state index in [4.69, 9.17) is 17.0 Å². The zero-order valence-corrected chi connectivity index (χ0v) is 14.8. The minimum Gasteiger partial charge on any atom is -0.466 e. The molecule has 120 valence electrons. The van der Waals surface area contributed by atoms with Gasteiger partial charge in [0.25, 0.3) is 5.19 Å². The number of sulfonamides is 1. The van der Waals surface area contributed by atoms with E-state index in [9.17, 15) is 8.42 Å². The van der Waals surface area contributed by atoms with Gasteiger partial charge in [0.2, 0.25) is 10.0 Å². The van der Waals surface area contributed by atoms with Crippen LogP contribution in [-0.4, -0.2) is 65.9 Å². The molecule has 1 aromatic rings. The average molecular weight is 353 g/mol. The fourth-order valence-electron chi connectivity index (χ4n) is 2.02. The molecule has 0 amide bonds. The zero-order valence-electron chi connectivity index (χ0n) is 12.4. The van der Waals surface area contributed by atoms with Gasteiger partial charge >= 0.3 is 0 Å². The van der Waals surface area contributed by atoms with Gasteiger partial charge in [0.05, 0.1) is 19.0 Å². The summed E-state index contributed by atoms with van der Waals surface area (Å²) < 4.78 is 32.4. The number of hydrogen-bond donors (Lipinski definition) is 0. The molecule has 10 heteroatoms. The maximum absolute atomic E-state index is 11.5. The summed E-state index contributed by atoms with van der Waals surface area (Å²) in [5.41, 5.74) is 0. The van der Waals surface area contributed by atoms with Crippen molar-refractivity contribution in [2.45, 2.75) is 26.6 Å². The summed E-state index contributed by atoms with van der Waals surface area (Å²) in [7, 11) is -3.09. The van der Waals surface area contributed by atoms with Gasteiger partial charge in [-0.25, -0.2) is 13.1 Å². The summed E-state index contributed by atoms with van der Waals surface area (Å²) in [5.74, 6) is 0. The van der Waals surface area contributed by atoms with Gasteiger partial charge in [-0.15, -0.1) is 5.10 Å². The lowest BCUT2D eigenvalue weighted by molar-refractivity contribution is 0.143. The molecule has 0 radical (unpaired) electrons. The van der Waals surface area contributed by atoms with Gasteiger partial charge in [0, 0.05) is 26.2 Å². The highest BCUT2D eigenvalue weighted by molar-refractivity contribution is 7.88. The maximum atomic E-state index is 11.5. The third-order valence-corrected chi connectivity index (χ3v) is 5.56. The standard InChI is InChI=1S/C11H20N4O3S3/c1-9(2)18-10-12-15(11(19)20-10)8-13-4-6-14(7-5-13)21(3,16)17/h9H,4-8H2,1-3H3. The first-order valence-electron chi connectivity index (χ1n) is 6.68. The molecule has 1 aliphatic heterocycles. The second-order valence-corrected chi connectivity index (χ2v) is 8.79. The van der Waals surface area contributed by atoms with Crippen LogP contribution in [0.25, 0.3) is 0 Å². The van der Waals surface area contributed by atoms with E-state index >= 15 is 0 Å². The van der Waals surface area contributed by atoms with Gasteiger partial charge in [-0.05, 0) is 37.4 Å². The van der Waals surface area contributed by atoms with Gasteiger partial charge in [0.1, 0.15) is 0 Å². The smallest absolute Gasteiger partial charge is 0.293 e. The van der Waals surface area contributed by atoms with Crippen molar-refractivity contribution in [1.82, 2.24) is 19.0 Å². The Bertz CT molecular complexity index is 629. The molecular formula is C11H20N4O3S3. The summed E-state index contributed by atoms with van der Waals surface area (Å²) in [6.45, 7) is 6.81. The monoisotopic (exact) mass is 352 g/mol. The van der Waals surface area contributed by atoms with Crippen LogP contribution in [-0.2, 0) is 16.7 Å². The summed E-state index contributed by atoms with van der Waals surface area (Å²) >= 11 is 6.63. The Morgan fingerprint density at radius 2 is 1.95 bits per heavy atom. The Morgan fingerprint density at radius 1 is 1.33 bits per heavy atom. The third kappa shape index (κ3) is 4.71. The van der Waals surface area contributed by atoms with Crippen LogP contribution in [0.2, 0.25) is 0 Å². The minimum atomic E-state index is -3.09. The molecular weight excluding hydrogens is 332 g/mol. The Hall–Kier alpha value is -0.550. The molecule has 2 heterocycles. The van der Waals surface area contributed by atoms with E-state index < -0.39 is 10.0 Å². The first-order valence-corrected chi connectivity index (χ1v) is 9.75. The van der Waals surface area contributed by atoms with Crippen molar-refractivity contribution in [3.05, 3.63) is 3.95 Å². The molecule has 0 unspecified atom stereocenters. The summed E-state index contributed by atoms with van der Waals surface area (Å²) in [5, 5.41) is 4.92. The van der Waals surface area contributed by atoms with E-state index in [0.29, 0.717) is 42.0 Å². The first kappa shape index (κ1) is 16.8. The topological polar surface area (TPSA) is 67.7 Å². The van der Waals surface area contributed by atoms with Gasteiger partial charge in [0.15, 0.2) is 3.95 Å². The van der Waals surface area contributed by atoms with Crippen LogP contribution in [0.1, 0.15) is 13.8 Å². The molecule has 0 aliphatic carbocycles. The number of hydrogen-bond acceptors (Lipinski definition) is 7. The zero-order chi connectivity index (χ0) is 15.6.